The Hall–Kier alpha value is -3.91. The molecule has 0 saturated heterocycles. The molecule has 0 aliphatic carbocycles. The highest BCUT2D eigenvalue weighted by molar-refractivity contribution is 6.31. The van der Waals surface area contributed by atoms with Crippen LogP contribution in [-0.4, -0.2) is 31.4 Å². The summed E-state index contributed by atoms with van der Waals surface area (Å²) in [6, 6.07) is 16.3. The van der Waals surface area contributed by atoms with Gasteiger partial charge in [-0.2, -0.15) is 10.2 Å². The lowest BCUT2D eigenvalue weighted by molar-refractivity contribution is -0.116. The van der Waals surface area contributed by atoms with E-state index in [0.717, 1.165) is 22.6 Å². The maximum atomic E-state index is 12.6. The third-order valence-electron chi connectivity index (χ3n) is 5.11. The molecule has 0 atom stereocenters. The molecule has 2 amide bonds. The number of nitrogens with zero attached hydrogens (tertiary/aromatic N) is 4. The number of aryl methyl sites for hydroxylation is 1. The quantitative estimate of drug-likeness (QED) is 0.435. The van der Waals surface area contributed by atoms with Gasteiger partial charge < -0.3 is 10.6 Å². The van der Waals surface area contributed by atoms with E-state index in [4.69, 9.17) is 11.6 Å². The summed E-state index contributed by atoms with van der Waals surface area (Å²) in [4.78, 5) is 24.8. The first-order valence-corrected chi connectivity index (χ1v) is 10.7. The van der Waals surface area contributed by atoms with Crippen molar-refractivity contribution in [1.82, 2.24) is 24.9 Å². The van der Waals surface area contributed by atoms with Crippen LogP contribution in [0.1, 0.15) is 27.3 Å². The molecule has 0 radical (unpaired) electrons. The van der Waals surface area contributed by atoms with Gasteiger partial charge in [-0.25, -0.2) is 4.68 Å². The largest absolute Gasteiger partial charge is 0.348 e. The molecule has 8 nitrogen and oxygen atoms in total. The van der Waals surface area contributed by atoms with Crippen molar-refractivity contribution in [3.05, 3.63) is 94.5 Å². The molecular formula is C24H23ClN6O2. The summed E-state index contributed by atoms with van der Waals surface area (Å²) in [6.45, 7) is 4.22. The van der Waals surface area contributed by atoms with Gasteiger partial charge in [0.25, 0.3) is 5.91 Å². The van der Waals surface area contributed by atoms with Gasteiger partial charge in [-0.3, -0.25) is 14.3 Å². The first-order chi connectivity index (χ1) is 15.9. The number of benzene rings is 2. The number of anilines is 1. The Morgan fingerprint density at radius 3 is 2.52 bits per heavy atom. The Bertz CT molecular complexity index is 1280. The van der Waals surface area contributed by atoms with Gasteiger partial charge in [-0.05, 0) is 61.9 Å². The molecule has 2 aromatic carbocycles. The molecule has 0 spiro atoms. The zero-order valence-corrected chi connectivity index (χ0v) is 19.0. The van der Waals surface area contributed by atoms with Crippen LogP contribution in [0.4, 0.5) is 5.69 Å². The summed E-state index contributed by atoms with van der Waals surface area (Å²) in [5.74, 6) is -0.370. The Labute approximate surface area is 196 Å². The molecule has 2 N–H and O–H groups in total. The van der Waals surface area contributed by atoms with E-state index in [2.05, 4.69) is 20.8 Å². The van der Waals surface area contributed by atoms with Crippen molar-refractivity contribution in [2.75, 3.05) is 5.32 Å². The fourth-order valence-electron chi connectivity index (χ4n) is 3.41. The van der Waals surface area contributed by atoms with Gasteiger partial charge in [0.1, 0.15) is 6.54 Å². The van der Waals surface area contributed by atoms with E-state index >= 15 is 0 Å². The van der Waals surface area contributed by atoms with Gasteiger partial charge in [0.15, 0.2) is 0 Å². The predicted octanol–water partition coefficient (Wildman–Crippen LogP) is 3.91. The number of hydrogen-bond donors (Lipinski definition) is 2. The third kappa shape index (κ3) is 5.30. The summed E-state index contributed by atoms with van der Waals surface area (Å²) in [7, 11) is 0. The predicted molar refractivity (Wildman–Crippen MR) is 127 cm³/mol. The van der Waals surface area contributed by atoms with E-state index in [1.807, 2.05) is 44.2 Å². The second-order valence-electron chi connectivity index (χ2n) is 7.58. The molecule has 168 valence electrons. The highest BCUT2D eigenvalue weighted by Gasteiger charge is 2.12. The van der Waals surface area contributed by atoms with Gasteiger partial charge in [0.2, 0.25) is 5.91 Å². The highest BCUT2D eigenvalue weighted by Crippen LogP contribution is 2.22. The SMILES string of the molecule is Cc1nn(-c2ccc(C(=O)NCc3cccc(NC(=O)Cn4cccn4)c3)cc2)c(C)c1Cl. The number of rotatable bonds is 7. The van der Waals surface area contributed by atoms with Crippen LogP contribution in [0.3, 0.4) is 0 Å². The number of hydrogen-bond acceptors (Lipinski definition) is 4. The van der Waals surface area contributed by atoms with E-state index in [1.165, 1.54) is 0 Å². The molecular weight excluding hydrogens is 440 g/mol. The first-order valence-electron chi connectivity index (χ1n) is 10.4. The van der Waals surface area contributed by atoms with Crippen molar-refractivity contribution >= 4 is 29.1 Å². The molecule has 0 fully saturated rings. The van der Waals surface area contributed by atoms with Gasteiger partial charge in [0, 0.05) is 30.2 Å². The van der Waals surface area contributed by atoms with E-state index in [0.29, 0.717) is 22.8 Å². The third-order valence-corrected chi connectivity index (χ3v) is 5.65. The highest BCUT2D eigenvalue weighted by atomic mass is 35.5. The molecule has 0 saturated carbocycles. The zero-order chi connectivity index (χ0) is 23.4. The standard InChI is InChI=1S/C24H23ClN6O2/c1-16-23(25)17(2)31(29-16)21-9-7-19(8-10-21)24(33)26-14-18-5-3-6-20(13-18)28-22(32)15-30-12-4-11-27-30/h3-13H,14-15H2,1-2H3,(H,26,33)(H,28,32). The van der Waals surface area contributed by atoms with Crippen LogP contribution >= 0.6 is 11.6 Å². The monoisotopic (exact) mass is 462 g/mol. The van der Waals surface area contributed by atoms with Crippen LogP contribution in [0.25, 0.3) is 5.69 Å². The fourth-order valence-corrected chi connectivity index (χ4v) is 3.53. The fraction of sp³-hybridized carbons (Fsp3) is 0.167. The molecule has 0 unspecified atom stereocenters. The number of aromatic nitrogens is 4. The van der Waals surface area contributed by atoms with Crippen LogP contribution in [0.15, 0.2) is 67.0 Å². The molecule has 2 heterocycles. The summed E-state index contributed by atoms with van der Waals surface area (Å²) in [5, 5.41) is 14.8. The molecule has 0 aliphatic heterocycles. The molecule has 4 aromatic rings. The van der Waals surface area contributed by atoms with Gasteiger partial charge in [-0.1, -0.05) is 23.7 Å². The first kappa shape index (κ1) is 22.3. The van der Waals surface area contributed by atoms with E-state index in [-0.39, 0.29) is 18.4 Å². The second-order valence-corrected chi connectivity index (χ2v) is 7.96. The van der Waals surface area contributed by atoms with Gasteiger partial charge in [-0.15, -0.1) is 0 Å². The van der Waals surface area contributed by atoms with E-state index in [9.17, 15) is 9.59 Å². The minimum Gasteiger partial charge on any atom is -0.348 e. The van der Waals surface area contributed by atoms with Crippen LogP contribution in [0.2, 0.25) is 5.02 Å². The number of amides is 2. The minimum atomic E-state index is -0.193. The van der Waals surface area contributed by atoms with E-state index in [1.54, 1.807) is 46.0 Å². The number of carbonyl (C=O) groups is 2. The molecule has 0 bridgehead atoms. The van der Waals surface area contributed by atoms with Crippen molar-refractivity contribution in [3.8, 4) is 5.69 Å². The van der Waals surface area contributed by atoms with E-state index < -0.39 is 0 Å². The van der Waals surface area contributed by atoms with Crippen LogP contribution in [0.5, 0.6) is 0 Å². The molecule has 0 aliphatic rings. The second kappa shape index (κ2) is 9.70. The zero-order valence-electron chi connectivity index (χ0n) is 18.2. The summed E-state index contributed by atoms with van der Waals surface area (Å²) < 4.78 is 3.31. The van der Waals surface area contributed by atoms with Crippen LogP contribution < -0.4 is 10.6 Å². The lowest BCUT2D eigenvalue weighted by Gasteiger charge is -2.10. The van der Waals surface area contributed by atoms with Crippen LogP contribution in [-0.2, 0) is 17.9 Å². The minimum absolute atomic E-state index is 0.133. The molecule has 33 heavy (non-hydrogen) atoms. The Kier molecular flexibility index (Phi) is 6.55. The summed E-state index contributed by atoms with van der Waals surface area (Å²) >= 11 is 6.23. The number of carbonyl (C=O) groups excluding carboxylic acids is 2. The molecule has 9 heteroatoms. The Morgan fingerprint density at radius 1 is 1.06 bits per heavy atom. The molecule has 4 rings (SSSR count). The summed E-state index contributed by atoms with van der Waals surface area (Å²) in [5.41, 5.74) is 4.51. The normalized spacial score (nSPS) is 10.8. The van der Waals surface area contributed by atoms with Crippen molar-refractivity contribution < 1.29 is 9.59 Å². The summed E-state index contributed by atoms with van der Waals surface area (Å²) in [6.07, 6.45) is 3.35. The Balaban J connectivity index is 1.35. The number of halogens is 1. The lowest BCUT2D eigenvalue weighted by Crippen LogP contribution is -2.23. The Morgan fingerprint density at radius 2 is 1.85 bits per heavy atom. The maximum absolute atomic E-state index is 12.6. The van der Waals surface area contributed by atoms with Gasteiger partial charge >= 0.3 is 0 Å². The maximum Gasteiger partial charge on any atom is 0.251 e. The lowest BCUT2D eigenvalue weighted by atomic mass is 10.1. The smallest absolute Gasteiger partial charge is 0.251 e. The van der Waals surface area contributed by atoms with Crippen molar-refractivity contribution in [2.24, 2.45) is 0 Å². The van der Waals surface area contributed by atoms with Crippen LogP contribution in [0, 0.1) is 13.8 Å². The number of nitrogens with one attached hydrogen (secondary N) is 2. The van der Waals surface area contributed by atoms with Crippen molar-refractivity contribution in [3.63, 3.8) is 0 Å². The average Bonchev–Trinajstić information content (AvgIpc) is 3.41. The molecule has 2 aromatic heterocycles. The topological polar surface area (TPSA) is 93.8 Å². The van der Waals surface area contributed by atoms with Crippen molar-refractivity contribution in [2.45, 2.75) is 26.9 Å². The van der Waals surface area contributed by atoms with Gasteiger partial charge in [0.05, 0.1) is 22.1 Å². The van der Waals surface area contributed by atoms with Crippen molar-refractivity contribution in [1.29, 1.82) is 0 Å². The average molecular weight is 463 g/mol.